The summed E-state index contributed by atoms with van der Waals surface area (Å²) >= 11 is 0. The van der Waals surface area contributed by atoms with Crippen LogP contribution in [0.4, 0.5) is 9.59 Å². The second-order valence-corrected chi connectivity index (χ2v) is 3.66. The molecule has 0 bridgehead atoms. The molecule has 0 saturated carbocycles. The van der Waals surface area contributed by atoms with E-state index in [1.54, 1.807) is 20.1 Å². The lowest BCUT2D eigenvalue weighted by Crippen LogP contribution is -2.30. The highest BCUT2D eigenvalue weighted by atomic mass is 35.5. The SMILES string of the molecule is CC(C)OC(=O)OCCOC(=O)N1C=CN=CC1.Cl. The Morgan fingerprint density at radius 1 is 1.32 bits per heavy atom. The number of hydrogen-bond donors (Lipinski definition) is 0. The molecule has 7 nitrogen and oxygen atoms in total. The molecule has 0 N–H and O–H groups in total. The van der Waals surface area contributed by atoms with Gasteiger partial charge in [-0.05, 0) is 13.8 Å². The molecule has 0 aliphatic carbocycles. The number of carbonyl (C=O) groups excluding carboxylic acids is 2. The fourth-order valence-corrected chi connectivity index (χ4v) is 1.07. The van der Waals surface area contributed by atoms with Gasteiger partial charge in [-0.2, -0.15) is 0 Å². The van der Waals surface area contributed by atoms with E-state index in [9.17, 15) is 9.59 Å². The molecule has 8 heteroatoms. The maximum absolute atomic E-state index is 11.4. The van der Waals surface area contributed by atoms with Gasteiger partial charge in [0.25, 0.3) is 0 Å². The minimum Gasteiger partial charge on any atom is -0.446 e. The summed E-state index contributed by atoms with van der Waals surface area (Å²) in [7, 11) is 0. The van der Waals surface area contributed by atoms with Crippen LogP contribution in [0, 0.1) is 0 Å². The van der Waals surface area contributed by atoms with E-state index in [4.69, 9.17) is 9.47 Å². The fourth-order valence-electron chi connectivity index (χ4n) is 1.07. The van der Waals surface area contributed by atoms with Crippen LogP contribution in [0.2, 0.25) is 0 Å². The van der Waals surface area contributed by atoms with Gasteiger partial charge in [-0.25, -0.2) is 9.59 Å². The summed E-state index contributed by atoms with van der Waals surface area (Å²) in [6.45, 7) is 3.74. The minimum atomic E-state index is -0.772. The van der Waals surface area contributed by atoms with Crippen LogP contribution in [-0.2, 0) is 14.2 Å². The number of rotatable bonds is 4. The quantitative estimate of drug-likeness (QED) is 0.585. The van der Waals surface area contributed by atoms with Gasteiger partial charge < -0.3 is 14.2 Å². The maximum Gasteiger partial charge on any atom is 0.508 e. The zero-order chi connectivity index (χ0) is 13.4. The Kier molecular flexibility index (Phi) is 8.35. The molecule has 0 saturated heterocycles. The third kappa shape index (κ3) is 7.30. The second-order valence-electron chi connectivity index (χ2n) is 3.66. The van der Waals surface area contributed by atoms with E-state index in [-0.39, 0.29) is 31.7 Å². The summed E-state index contributed by atoms with van der Waals surface area (Å²) in [5, 5.41) is 0. The molecule has 1 aliphatic heterocycles. The molecule has 0 aromatic rings. The lowest BCUT2D eigenvalue weighted by Gasteiger charge is -2.17. The predicted octanol–water partition coefficient (Wildman–Crippen LogP) is 1.96. The Hall–Kier alpha value is -1.76. The smallest absolute Gasteiger partial charge is 0.446 e. The topological polar surface area (TPSA) is 77.4 Å². The molecule has 1 heterocycles. The molecule has 0 aromatic carbocycles. The van der Waals surface area contributed by atoms with Crippen LogP contribution in [0.5, 0.6) is 0 Å². The molecule has 0 fully saturated rings. The van der Waals surface area contributed by atoms with Crippen molar-refractivity contribution < 1.29 is 23.8 Å². The summed E-state index contributed by atoms with van der Waals surface area (Å²) in [6, 6.07) is 0. The first kappa shape index (κ1) is 17.2. The first-order chi connectivity index (χ1) is 8.59. The van der Waals surface area contributed by atoms with E-state index >= 15 is 0 Å². The summed E-state index contributed by atoms with van der Waals surface area (Å²) in [5.74, 6) is 0. The normalized spacial score (nSPS) is 12.9. The molecule has 0 unspecified atom stereocenters. The molecule has 108 valence electrons. The number of ether oxygens (including phenoxy) is 3. The molecule has 1 amide bonds. The van der Waals surface area contributed by atoms with E-state index in [1.807, 2.05) is 0 Å². The molecular formula is C11H17ClN2O5. The number of carbonyl (C=O) groups is 2. The average Bonchev–Trinajstić information content (AvgIpc) is 2.34. The summed E-state index contributed by atoms with van der Waals surface area (Å²) in [4.78, 5) is 27.6. The number of amides is 1. The van der Waals surface area contributed by atoms with Crippen molar-refractivity contribution in [3.05, 3.63) is 12.4 Å². The Labute approximate surface area is 117 Å². The zero-order valence-electron chi connectivity index (χ0n) is 10.8. The van der Waals surface area contributed by atoms with Gasteiger partial charge in [-0.3, -0.25) is 9.89 Å². The van der Waals surface area contributed by atoms with Gasteiger partial charge in [0.1, 0.15) is 13.2 Å². The monoisotopic (exact) mass is 292 g/mol. The lowest BCUT2D eigenvalue weighted by molar-refractivity contribution is 0.0199. The highest BCUT2D eigenvalue weighted by molar-refractivity contribution is 5.85. The van der Waals surface area contributed by atoms with Crippen LogP contribution in [0.1, 0.15) is 13.8 Å². The first-order valence-corrected chi connectivity index (χ1v) is 5.54. The van der Waals surface area contributed by atoms with Crippen molar-refractivity contribution >= 4 is 30.9 Å². The standard InChI is InChI=1S/C11H16N2O5.ClH/c1-9(2)18-11(15)17-8-7-16-10(14)13-5-3-12-4-6-13;/h3-5,9H,6-8H2,1-2H3;1H. The maximum atomic E-state index is 11.4. The van der Waals surface area contributed by atoms with Crippen LogP contribution >= 0.6 is 12.4 Å². The molecule has 1 aliphatic rings. The van der Waals surface area contributed by atoms with Crippen LogP contribution in [-0.4, -0.2) is 49.2 Å². The van der Waals surface area contributed by atoms with Crippen LogP contribution < -0.4 is 0 Å². The van der Waals surface area contributed by atoms with E-state index in [0.717, 1.165) is 0 Å². The van der Waals surface area contributed by atoms with E-state index in [1.165, 1.54) is 17.3 Å². The summed E-state index contributed by atoms with van der Waals surface area (Å²) < 4.78 is 14.3. The molecular weight excluding hydrogens is 276 g/mol. The van der Waals surface area contributed by atoms with Crippen molar-refractivity contribution in [2.45, 2.75) is 20.0 Å². The van der Waals surface area contributed by atoms with Crippen molar-refractivity contribution in [3.63, 3.8) is 0 Å². The Morgan fingerprint density at radius 3 is 2.58 bits per heavy atom. The third-order valence-electron chi connectivity index (χ3n) is 1.81. The molecule has 0 radical (unpaired) electrons. The third-order valence-corrected chi connectivity index (χ3v) is 1.81. The van der Waals surface area contributed by atoms with Crippen molar-refractivity contribution in [3.8, 4) is 0 Å². The minimum absolute atomic E-state index is 0. The van der Waals surface area contributed by atoms with Gasteiger partial charge in [-0.15, -0.1) is 12.4 Å². The second kappa shape index (κ2) is 9.21. The number of halogens is 1. The van der Waals surface area contributed by atoms with Crippen molar-refractivity contribution in [2.75, 3.05) is 19.8 Å². The molecule has 19 heavy (non-hydrogen) atoms. The molecule has 0 aromatic heterocycles. The average molecular weight is 293 g/mol. The molecule has 1 rings (SSSR count). The fraction of sp³-hybridized carbons (Fsp3) is 0.545. The summed E-state index contributed by atoms with van der Waals surface area (Å²) in [5.41, 5.74) is 0. The number of nitrogens with zero attached hydrogens (tertiary/aromatic N) is 2. The van der Waals surface area contributed by atoms with Crippen molar-refractivity contribution in [1.82, 2.24) is 4.90 Å². The lowest BCUT2D eigenvalue weighted by atomic mass is 10.5. The largest absolute Gasteiger partial charge is 0.508 e. The predicted molar refractivity (Wildman–Crippen MR) is 70.5 cm³/mol. The Morgan fingerprint density at radius 2 is 2.00 bits per heavy atom. The highest BCUT2D eigenvalue weighted by Crippen LogP contribution is 1.99. The molecule has 0 spiro atoms. The van der Waals surface area contributed by atoms with Gasteiger partial charge >= 0.3 is 12.2 Å². The van der Waals surface area contributed by atoms with Crippen molar-refractivity contribution in [1.29, 1.82) is 0 Å². The van der Waals surface area contributed by atoms with E-state index < -0.39 is 12.2 Å². The number of aliphatic imine (C=N–C) groups is 1. The van der Waals surface area contributed by atoms with E-state index in [0.29, 0.717) is 6.54 Å². The molecule has 0 atom stereocenters. The van der Waals surface area contributed by atoms with Crippen LogP contribution in [0.25, 0.3) is 0 Å². The van der Waals surface area contributed by atoms with Crippen LogP contribution in [0.15, 0.2) is 17.4 Å². The van der Waals surface area contributed by atoms with Gasteiger partial charge in [0.2, 0.25) is 0 Å². The van der Waals surface area contributed by atoms with E-state index in [2.05, 4.69) is 9.73 Å². The van der Waals surface area contributed by atoms with Crippen molar-refractivity contribution in [2.24, 2.45) is 4.99 Å². The van der Waals surface area contributed by atoms with Crippen LogP contribution in [0.3, 0.4) is 0 Å². The van der Waals surface area contributed by atoms with Gasteiger partial charge in [0.15, 0.2) is 0 Å². The van der Waals surface area contributed by atoms with Gasteiger partial charge in [-0.1, -0.05) is 0 Å². The Balaban J connectivity index is 0.00000324. The zero-order valence-corrected chi connectivity index (χ0v) is 11.6. The highest BCUT2D eigenvalue weighted by Gasteiger charge is 2.13. The number of hydrogen-bond acceptors (Lipinski definition) is 6. The first-order valence-electron chi connectivity index (χ1n) is 5.54. The summed E-state index contributed by atoms with van der Waals surface area (Å²) in [6.07, 6.45) is 3.05. The van der Waals surface area contributed by atoms with Gasteiger partial charge in [0, 0.05) is 18.6 Å². The van der Waals surface area contributed by atoms with Gasteiger partial charge in [0.05, 0.1) is 12.6 Å². The Bertz CT molecular complexity index is 357.